The quantitative estimate of drug-likeness (QED) is 0.0187. The minimum Gasteiger partial charge on any atom is -0.480 e. The summed E-state index contributed by atoms with van der Waals surface area (Å²) in [4.78, 5) is 45.7. The van der Waals surface area contributed by atoms with E-state index in [0.717, 1.165) is 38.5 Å². The lowest BCUT2D eigenvalue weighted by molar-refractivity contribution is -0.161. The molecule has 0 spiro atoms. The highest BCUT2D eigenvalue weighted by atomic mass is 31.2. The van der Waals surface area contributed by atoms with Gasteiger partial charge < -0.3 is 25.2 Å². The van der Waals surface area contributed by atoms with Crippen molar-refractivity contribution in [1.82, 2.24) is 0 Å². The van der Waals surface area contributed by atoms with E-state index in [1.807, 2.05) is 72.9 Å². The third-order valence-electron chi connectivity index (χ3n) is 7.49. The molecule has 0 heterocycles. The Morgan fingerprint density at radius 2 is 1.15 bits per heavy atom. The van der Waals surface area contributed by atoms with Gasteiger partial charge in [0, 0.05) is 12.8 Å². The first-order chi connectivity index (χ1) is 26.1. The monoisotopic (exact) mass is 775 g/mol. The van der Waals surface area contributed by atoms with Crippen molar-refractivity contribution in [3.8, 4) is 0 Å². The Hall–Kier alpha value is -3.60. The van der Waals surface area contributed by atoms with E-state index in [0.29, 0.717) is 12.8 Å². The molecule has 304 valence electrons. The molecule has 0 aliphatic carbocycles. The number of carbonyl (C=O) groups is 3. The van der Waals surface area contributed by atoms with Crippen LogP contribution in [0, 0.1) is 0 Å². The third kappa shape index (κ3) is 35.4. The van der Waals surface area contributed by atoms with E-state index in [1.54, 1.807) is 0 Å². The van der Waals surface area contributed by atoms with Crippen molar-refractivity contribution < 1.29 is 47.5 Å². The van der Waals surface area contributed by atoms with Crippen LogP contribution in [0.1, 0.15) is 117 Å². The second-order valence-electron chi connectivity index (χ2n) is 12.5. The Bertz CT molecular complexity index is 1280. The van der Waals surface area contributed by atoms with E-state index in [1.165, 1.54) is 38.5 Å². The Morgan fingerprint density at radius 1 is 0.611 bits per heavy atom. The molecule has 0 aromatic carbocycles. The van der Waals surface area contributed by atoms with Crippen molar-refractivity contribution >= 4 is 25.7 Å². The second-order valence-corrected chi connectivity index (χ2v) is 13.9. The fourth-order valence-electron chi connectivity index (χ4n) is 4.44. The van der Waals surface area contributed by atoms with Crippen LogP contribution in [0.2, 0.25) is 0 Å². The summed E-state index contributed by atoms with van der Waals surface area (Å²) >= 11 is 0. The second kappa shape index (κ2) is 36.4. The highest BCUT2D eigenvalue weighted by molar-refractivity contribution is 7.47. The molecule has 0 radical (unpaired) electrons. The van der Waals surface area contributed by atoms with Gasteiger partial charge in [0.15, 0.2) is 6.10 Å². The summed E-state index contributed by atoms with van der Waals surface area (Å²) in [7, 11) is -4.74. The van der Waals surface area contributed by atoms with Crippen LogP contribution in [0.3, 0.4) is 0 Å². The summed E-state index contributed by atoms with van der Waals surface area (Å²) in [5.74, 6) is -2.54. The number of phosphoric ester groups is 1. The number of carbonyl (C=O) groups excluding carboxylic acids is 2. The average molecular weight is 776 g/mol. The predicted octanol–water partition coefficient (Wildman–Crippen LogP) is 9.72. The fraction of sp³-hybridized carbons (Fsp3) is 0.548. The first-order valence-corrected chi connectivity index (χ1v) is 20.8. The lowest BCUT2D eigenvalue weighted by Crippen LogP contribution is -2.34. The third-order valence-corrected chi connectivity index (χ3v) is 8.44. The zero-order valence-corrected chi connectivity index (χ0v) is 33.4. The van der Waals surface area contributed by atoms with Crippen LogP contribution in [0.5, 0.6) is 0 Å². The number of phosphoric acid groups is 1. The van der Waals surface area contributed by atoms with Gasteiger partial charge in [-0.25, -0.2) is 4.57 Å². The molecular weight excluding hydrogens is 709 g/mol. The molecule has 0 amide bonds. The largest absolute Gasteiger partial charge is 0.480 e. The molecular formula is C42H66NO10P. The lowest BCUT2D eigenvalue weighted by atomic mass is 10.1. The topological polar surface area (TPSA) is 172 Å². The first kappa shape index (κ1) is 50.4. The van der Waals surface area contributed by atoms with Crippen LogP contribution < -0.4 is 5.73 Å². The summed E-state index contributed by atoms with van der Waals surface area (Å²) in [6.07, 6.45) is 44.9. The van der Waals surface area contributed by atoms with E-state index in [-0.39, 0.29) is 12.8 Å². The lowest BCUT2D eigenvalue weighted by Gasteiger charge is -2.20. The van der Waals surface area contributed by atoms with Gasteiger partial charge in [-0.05, 0) is 51.4 Å². The number of ether oxygens (including phenoxy) is 2. The number of esters is 2. The Labute approximate surface area is 324 Å². The van der Waals surface area contributed by atoms with Gasteiger partial charge >= 0.3 is 25.7 Å². The zero-order valence-electron chi connectivity index (χ0n) is 32.5. The molecule has 3 atom stereocenters. The van der Waals surface area contributed by atoms with Crippen molar-refractivity contribution in [2.45, 2.75) is 129 Å². The molecule has 0 saturated carbocycles. The number of hydrogen-bond donors (Lipinski definition) is 3. The van der Waals surface area contributed by atoms with Gasteiger partial charge in [-0.2, -0.15) is 0 Å². The first-order valence-electron chi connectivity index (χ1n) is 19.3. The van der Waals surface area contributed by atoms with Gasteiger partial charge in [0.05, 0.1) is 13.2 Å². The summed E-state index contributed by atoms with van der Waals surface area (Å²) in [6, 6.07) is -1.54. The standard InChI is InChI=1S/C42H66NO10P/c1-3-5-7-9-11-13-15-17-18-19-20-22-23-25-27-29-31-33-40(44)50-35-38(36-51-54(48,49)52-37-39(43)42(46)47)53-41(45)34-32-30-28-26-24-21-16-14-12-10-8-6-4-2/h5,7,9,11,13,15,17-24,28,30,38-39H,3-4,6,8,10,12,14,16,25-27,29,31-37,43H2,1-2H3,(H,46,47)(H,48,49)/b7-5+,11-9+,15-13+,18-17+,20-19+,23-22+,24-21+,30-28+/t38?,39-/m0/s1. The van der Waals surface area contributed by atoms with Crippen molar-refractivity contribution in [2.75, 3.05) is 19.8 Å². The predicted molar refractivity (Wildman–Crippen MR) is 217 cm³/mol. The minimum absolute atomic E-state index is 0.0384. The van der Waals surface area contributed by atoms with E-state index in [9.17, 15) is 23.8 Å². The van der Waals surface area contributed by atoms with E-state index in [2.05, 4.69) is 42.7 Å². The molecule has 0 bridgehead atoms. The SMILES string of the molecule is CC/C=C/C=C/C=C/C=C/C=C/C=C/CCCCCC(=O)OCC(COP(=O)(O)OC[C@H](N)C(=O)O)OC(=O)CC/C=C/C/C=C/CCCCCCCC. The minimum atomic E-state index is -4.74. The van der Waals surface area contributed by atoms with Gasteiger partial charge in [0.1, 0.15) is 12.6 Å². The molecule has 4 N–H and O–H groups in total. The number of aliphatic carboxylic acids is 1. The molecule has 0 aliphatic heterocycles. The van der Waals surface area contributed by atoms with Crippen LogP contribution >= 0.6 is 7.82 Å². The molecule has 0 saturated heterocycles. The van der Waals surface area contributed by atoms with Crippen molar-refractivity contribution in [2.24, 2.45) is 5.73 Å². The van der Waals surface area contributed by atoms with Crippen molar-refractivity contribution in [1.29, 1.82) is 0 Å². The van der Waals surface area contributed by atoms with Crippen LogP contribution in [-0.2, 0) is 37.5 Å². The molecule has 0 fully saturated rings. The number of hydrogen-bond acceptors (Lipinski definition) is 9. The Morgan fingerprint density at radius 3 is 1.78 bits per heavy atom. The van der Waals surface area contributed by atoms with Gasteiger partial charge in [0.2, 0.25) is 0 Å². The van der Waals surface area contributed by atoms with Crippen LogP contribution in [0.15, 0.2) is 97.2 Å². The Kier molecular flexibility index (Phi) is 34.0. The van der Waals surface area contributed by atoms with E-state index in [4.69, 9.17) is 24.8 Å². The molecule has 0 aromatic heterocycles. The highest BCUT2D eigenvalue weighted by Gasteiger charge is 2.28. The average Bonchev–Trinajstić information content (AvgIpc) is 3.14. The number of allylic oxidation sites excluding steroid dienone is 16. The summed E-state index contributed by atoms with van der Waals surface area (Å²) < 4.78 is 32.4. The number of nitrogens with two attached hydrogens (primary N) is 1. The number of rotatable bonds is 34. The summed E-state index contributed by atoms with van der Waals surface area (Å²) in [5.41, 5.74) is 5.31. The van der Waals surface area contributed by atoms with Gasteiger partial charge in [-0.1, -0.05) is 150 Å². The normalized spacial score (nSPS) is 14.9. The van der Waals surface area contributed by atoms with Gasteiger partial charge in [-0.3, -0.25) is 23.4 Å². The van der Waals surface area contributed by atoms with Gasteiger partial charge in [-0.15, -0.1) is 0 Å². The summed E-state index contributed by atoms with van der Waals surface area (Å²) in [6.45, 7) is 2.50. The van der Waals surface area contributed by atoms with Crippen LogP contribution in [0.4, 0.5) is 0 Å². The molecule has 11 nitrogen and oxygen atoms in total. The van der Waals surface area contributed by atoms with Gasteiger partial charge in [0.25, 0.3) is 0 Å². The molecule has 54 heavy (non-hydrogen) atoms. The molecule has 2 unspecified atom stereocenters. The maximum atomic E-state index is 12.5. The number of carboxylic acids is 1. The highest BCUT2D eigenvalue weighted by Crippen LogP contribution is 2.43. The number of unbranched alkanes of at least 4 members (excludes halogenated alkanes) is 9. The summed E-state index contributed by atoms with van der Waals surface area (Å²) in [5, 5.41) is 8.86. The number of carboxylic acid groups (broad SMARTS) is 1. The van der Waals surface area contributed by atoms with E-state index >= 15 is 0 Å². The van der Waals surface area contributed by atoms with Crippen LogP contribution in [0.25, 0.3) is 0 Å². The zero-order chi connectivity index (χ0) is 40.0. The van der Waals surface area contributed by atoms with Crippen molar-refractivity contribution in [3.05, 3.63) is 97.2 Å². The fourth-order valence-corrected chi connectivity index (χ4v) is 5.22. The van der Waals surface area contributed by atoms with Crippen LogP contribution in [-0.4, -0.2) is 59.9 Å². The maximum Gasteiger partial charge on any atom is 0.472 e. The molecule has 0 aliphatic rings. The van der Waals surface area contributed by atoms with E-state index < -0.39 is 57.7 Å². The van der Waals surface area contributed by atoms with Crippen molar-refractivity contribution in [3.63, 3.8) is 0 Å². The maximum absolute atomic E-state index is 12.5. The Balaban J connectivity index is 4.63. The molecule has 0 aromatic rings. The molecule has 0 rings (SSSR count). The molecule has 12 heteroatoms. The smallest absolute Gasteiger partial charge is 0.472 e.